The van der Waals surface area contributed by atoms with Crippen LogP contribution in [0.4, 0.5) is 5.69 Å². The van der Waals surface area contributed by atoms with E-state index in [1.54, 1.807) is 4.90 Å². The van der Waals surface area contributed by atoms with Gasteiger partial charge in [0.1, 0.15) is 6.04 Å². The highest BCUT2D eigenvalue weighted by molar-refractivity contribution is 7.80. The molecule has 35 heavy (non-hydrogen) atoms. The maximum atomic E-state index is 14.1. The lowest BCUT2D eigenvalue weighted by Crippen LogP contribution is -2.44. The SMILES string of the molecule is O=C1[C@@H]2Cc3c([nH]c4ccccc34)[C@H](c3ccc(Cl)cc3)N2C(=S)N1c1cccc2ccccc12. The van der Waals surface area contributed by atoms with Crippen LogP contribution >= 0.6 is 23.8 Å². The third kappa shape index (κ3) is 2.98. The molecule has 2 aliphatic rings. The van der Waals surface area contributed by atoms with Crippen LogP contribution in [0.25, 0.3) is 21.7 Å². The van der Waals surface area contributed by atoms with Gasteiger partial charge in [0, 0.05) is 33.4 Å². The fraction of sp³-hybridized carbons (Fsp3) is 0.103. The summed E-state index contributed by atoms with van der Waals surface area (Å²) in [5, 5.41) is 4.45. The molecule has 0 aliphatic carbocycles. The highest BCUT2D eigenvalue weighted by Gasteiger charge is 2.51. The Morgan fingerprint density at radius 1 is 0.857 bits per heavy atom. The topological polar surface area (TPSA) is 39.3 Å². The summed E-state index contributed by atoms with van der Waals surface area (Å²) in [6.45, 7) is 0. The molecule has 1 aromatic heterocycles. The average molecular weight is 494 g/mol. The van der Waals surface area contributed by atoms with E-state index < -0.39 is 0 Å². The van der Waals surface area contributed by atoms with Crippen LogP contribution < -0.4 is 4.90 Å². The second-order valence-electron chi connectivity index (χ2n) is 9.10. The number of nitrogens with one attached hydrogen (secondary N) is 1. The molecular weight excluding hydrogens is 474 g/mol. The molecule has 5 aromatic rings. The molecule has 0 bridgehead atoms. The highest BCUT2D eigenvalue weighted by Crippen LogP contribution is 2.45. The third-order valence-corrected chi connectivity index (χ3v) is 7.89. The van der Waals surface area contributed by atoms with Gasteiger partial charge in [-0.15, -0.1) is 0 Å². The van der Waals surface area contributed by atoms with Crippen molar-refractivity contribution in [1.82, 2.24) is 9.88 Å². The lowest BCUT2D eigenvalue weighted by atomic mass is 9.89. The molecule has 0 radical (unpaired) electrons. The van der Waals surface area contributed by atoms with Gasteiger partial charge in [0.05, 0.1) is 11.7 Å². The molecule has 0 saturated carbocycles. The number of aromatic amines is 1. The lowest BCUT2D eigenvalue weighted by molar-refractivity contribution is -0.120. The third-order valence-electron chi connectivity index (χ3n) is 7.24. The number of rotatable bonds is 2. The van der Waals surface area contributed by atoms with Crippen molar-refractivity contribution in [3.63, 3.8) is 0 Å². The molecular formula is C29H20ClN3OS. The Labute approximate surface area is 212 Å². The molecule has 3 heterocycles. The first kappa shape index (κ1) is 20.7. The van der Waals surface area contributed by atoms with Crippen LogP contribution in [-0.2, 0) is 11.2 Å². The van der Waals surface area contributed by atoms with Gasteiger partial charge in [-0.3, -0.25) is 9.69 Å². The van der Waals surface area contributed by atoms with Crippen molar-refractivity contribution in [3.8, 4) is 0 Å². The normalized spacial score (nSPS) is 19.5. The van der Waals surface area contributed by atoms with Crippen molar-refractivity contribution in [2.45, 2.75) is 18.5 Å². The minimum Gasteiger partial charge on any atom is -0.356 e. The molecule has 0 unspecified atom stereocenters. The Kier molecular flexibility index (Phi) is 4.53. The summed E-state index contributed by atoms with van der Waals surface area (Å²) in [6.07, 6.45) is 0.601. The number of anilines is 1. The predicted octanol–water partition coefficient (Wildman–Crippen LogP) is 6.62. The van der Waals surface area contributed by atoms with E-state index in [9.17, 15) is 4.79 Å². The van der Waals surface area contributed by atoms with Crippen molar-refractivity contribution < 1.29 is 4.79 Å². The molecule has 4 nitrogen and oxygen atoms in total. The van der Waals surface area contributed by atoms with Gasteiger partial charge in [-0.25, -0.2) is 0 Å². The monoisotopic (exact) mass is 493 g/mol. The summed E-state index contributed by atoms with van der Waals surface area (Å²) in [7, 11) is 0. The largest absolute Gasteiger partial charge is 0.356 e. The van der Waals surface area contributed by atoms with Crippen molar-refractivity contribution in [3.05, 3.63) is 113 Å². The molecule has 4 aromatic carbocycles. The maximum absolute atomic E-state index is 14.1. The Hall–Kier alpha value is -3.67. The zero-order valence-electron chi connectivity index (χ0n) is 18.6. The number of amides is 1. The van der Waals surface area contributed by atoms with Crippen LogP contribution in [0.15, 0.2) is 91.0 Å². The van der Waals surface area contributed by atoms with Gasteiger partial charge in [-0.05, 0) is 53.0 Å². The number of carbonyl (C=O) groups excluding carboxylic acids is 1. The molecule has 6 heteroatoms. The van der Waals surface area contributed by atoms with E-state index in [1.807, 2.05) is 66.7 Å². The fourth-order valence-electron chi connectivity index (χ4n) is 5.69. The number of thiocarbonyl (C=S) groups is 1. The van der Waals surface area contributed by atoms with Gasteiger partial charge in [-0.2, -0.15) is 0 Å². The van der Waals surface area contributed by atoms with Gasteiger partial charge in [0.15, 0.2) is 5.11 Å². The second-order valence-corrected chi connectivity index (χ2v) is 9.90. The summed E-state index contributed by atoms with van der Waals surface area (Å²) < 4.78 is 0. The molecule has 1 fully saturated rings. The van der Waals surface area contributed by atoms with Gasteiger partial charge in [0.25, 0.3) is 5.91 Å². The molecule has 1 saturated heterocycles. The molecule has 1 amide bonds. The minimum absolute atomic E-state index is 0.0150. The number of H-pyrrole nitrogens is 1. The Morgan fingerprint density at radius 3 is 2.40 bits per heavy atom. The Bertz CT molecular complexity index is 1650. The zero-order valence-corrected chi connectivity index (χ0v) is 20.2. The van der Waals surface area contributed by atoms with Gasteiger partial charge >= 0.3 is 0 Å². The van der Waals surface area contributed by atoms with Crippen LogP contribution in [0.3, 0.4) is 0 Å². The summed E-state index contributed by atoms with van der Waals surface area (Å²) in [5.41, 5.74) is 5.21. The van der Waals surface area contributed by atoms with E-state index in [1.165, 1.54) is 5.56 Å². The number of carbonyl (C=O) groups is 1. The van der Waals surface area contributed by atoms with E-state index in [0.29, 0.717) is 16.6 Å². The molecule has 7 rings (SSSR count). The van der Waals surface area contributed by atoms with Crippen LogP contribution in [0.1, 0.15) is 22.9 Å². The molecule has 0 spiro atoms. The van der Waals surface area contributed by atoms with Crippen molar-refractivity contribution in [2.75, 3.05) is 4.90 Å². The number of hydrogen-bond donors (Lipinski definition) is 1. The van der Waals surface area contributed by atoms with E-state index in [2.05, 4.69) is 34.1 Å². The van der Waals surface area contributed by atoms with Gasteiger partial charge in [-0.1, -0.05) is 78.3 Å². The number of benzene rings is 4. The van der Waals surface area contributed by atoms with E-state index in [-0.39, 0.29) is 18.0 Å². The first-order valence-corrected chi connectivity index (χ1v) is 12.4. The average Bonchev–Trinajstić information content (AvgIpc) is 3.38. The maximum Gasteiger partial charge on any atom is 0.256 e. The van der Waals surface area contributed by atoms with E-state index in [0.717, 1.165) is 38.6 Å². The fourth-order valence-corrected chi connectivity index (χ4v) is 6.24. The van der Waals surface area contributed by atoms with Gasteiger partial charge in [0.2, 0.25) is 0 Å². The van der Waals surface area contributed by atoms with Crippen molar-refractivity contribution in [1.29, 1.82) is 0 Å². The molecule has 170 valence electrons. The standard InChI is InChI=1S/C29H20ClN3OS/c30-19-14-12-18(13-15-19)27-26-22(21-9-3-4-10-23(21)31-26)16-25-28(34)33(29(35)32(25)27)24-11-5-7-17-6-1-2-8-20(17)24/h1-15,25,27,31H,16H2/t25-,27-/m0/s1. The molecule has 2 aliphatic heterocycles. The number of para-hydroxylation sites is 1. The smallest absolute Gasteiger partial charge is 0.256 e. The first-order chi connectivity index (χ1) is 17.1. The number of fused-ring (bicyclic) bond motifs is 5. The quantitative estimate of drug-likeness (QED) is 0.281. The summed E-state index contributed by atoms with van der Waals surface area (Å²) >= 11 is 12.3. The Balaban J connectivity index is 1.43. The highest BCUT2D eigenvalue weighted by atomic mass is 35.5. The summed E-state index contributed by atoms with van der Waals surface area (Å²) in [6, 6.07) is 29.7. The molecule has 1 N–H and O–H groups in total. The van der Waals surface area contributed by atoms with Crippen LogP contribution in [0, 0.1) is 0 Å². The number of nitrogens with zero attached hydrogens (tertiary/aromatic N) is 2. The second kappa shape index (κ2) is 7.67. The van der Waals surface area contributed by atoms with Gasteiger partial charge < -0.3 is 9.88 Å². The Morgan fingerprint density at radius 2 is 1.57 bits per heavy atom. The zero-order chi connectivity index (χ0) is 23.7. The summed E-state index contributed by atoms with van der Waals surface area (Å²) in [5.74, 6) is 0.0150. The number of hydrogen-bond acceptors (Lipinski definition) is 2. The summed E-state index contributed by atoms with van der Waals surface area (Å²) in [4.78, 5) is 21.6. The lowest BCUT2D eigenvalue weighted by Gasteiger charge is -2.37. The van der Waals surface area contributed by atoms with Crippen molar-refractivity contribution in [2.24, 2.45) is 0 Å². The number of aromatic nitrogens is 1. The number of halogens is 1. The van der Waals surface area contributed by atoms with Crippen molar-refractivity contribution >= 4 is 62.2 Å². The minimum atomic E-state index is -0.381. The van der Waals surface area contributed by atoms with Crippen LogP contribution in [-0.4, -0.2) is 26.9 Å². The van der Waals surface area contributed by atoms with Crippen LogP contribution in [0.2, 0.25) is 5.02 Å². The predicted molar refractivity (Wildman–Crippen MR) is 145 cm³/mol. The van der Waals surface area contributed by atoms with E-state index in [4.69, 9.17) is 23.8 Å². The van der Waals surface area contributed by atoms with Crippen LogP contribution in [0.5, 0.6) is 0 Å². The molecule has 2 atom stereocenters. The van der Waals surface area contributed by atoms with E-state index >= 15 is 0 Å². The first-order valence-electron chi connectivity index (χ1n) is 11.6.